The maximum atomic E-state index is 11.8. The van der Waals surface area contributed by atoms with E-state index in [4.69, 9.17) is 34.3 Å². The van der Waals surface area contributed by atoms with Gasteiger partial charge in [0.1, 0.15) is 6.07 Å². The summed E-state index contributed by atoms with van der Waals surface area (Å²) >= 11 is 11.2. The molecule has 0 atom stereocenters. The second-order valence-electron chi connectivity index (χ2n) is 6.97. The number of nitrogen functional groups attached to an aromatic ring is 1. The van der Waals surface area contributed by atoms with E-state index >= 15 is 0 Å². The van der Waals surface area contributed by atoms with Gasteiger partial charge in [0.15, 0.2) is 5.82 Å². The molecule has 0 saturated heterocycles. The number of carbonyl (C=O) groups is 1. The monoisotopic (exact) mass is 412 g/mol. The van der Waals surface area contributed by atoms with Crippen LogP contribution in [0.3, 0.4) is 0 Å². The Bertz CT molecular complexity index is 899. The largest absolute Gasteiger partial charge is 0.373 e. The van der Waals surface area contributed by atoms with Gasteiger partial charge < -0.3 is 11.2 Å². The van der Waals surface area contributed by atoms with Crippen molar-refractivity contribution in [3.8, 4) is 6.07 Å². The van der Waals surface area contributed by atoms with E-state index < -0.39 is 17.3 Å². The molecule has 8 nitrogen and oxygen atoms in total. The Morgan fingerprint density at radius 3 is 2.15 bits per heavy atom. The Balaban J connectivity index is 0.000000309. The predicted octanol–water partition coefficient (Wildman–Crippen LogP) is 3.10. The molecule has 0 aliphatic carbocycles. The Labute approximate surface area is 167 Å². The SMILES string of the molecule is CC(C)c1nn(C(=O)NC(C)(C)C)c(=O)n1N.N#Cc1c(Cl)cccc1Cl. The molecule has 0 bridgehead atoms. The molecule has 1 amide bonds. The highest BCUT2D eigenvalue weighted by molar-refractivity contribution is 6.36. The van der Waals surface area contributed by atoms with E-state index in [2.05, 4.69) is 10.4 Å². The van der Waals surface area contributed by atoms with Crippen LogP contribution < -0.4 is 16.8 Å². The third-order valence-electron chi connectivity index (χ3n) is 3.10. The van der Waals surface area contributed by atoms with Gasteiger partial charge in [-0.25, -0.2) is 9.59 Å². The third-order valence-corrected chi connectivity index (χ3v) is 3.73. The van der Waals surface area contributed by atoms with Crippen molar-refractivity contribution in [1.82, 2.24) is 19.8 Å². The number of nitrogens with zero attached hydrogens (tertiary/aromatic N) is 4. The number of carbonyl (C=O) groups excluding carboxylic acids is 1. The maximum absolute atomic E-state index is 11.8. The van der Waals surface area contributed by atoms with Gasteiger partial charge >= 0.3 is 11.7 Å². The van der Waals surface area contributed by atoms with Crippen molar-refractivity contribution in [2.45, 2.75) is 46.1 Å². The molecule has 10 heteroatoms. The number of benzene rings is 1. The molecule has 0 saturated carbocycles. The van der Waals surface area contributed by atoms with Crippen molar-refractivity contribution >= 4 is 29.2 Å². The normalized spacial score (nSPS) is 10.8. The van der Waals surface area contributed by atoms with Crippen LogP contribution in [0, 0.1) is 11.3 Å². The molecule has 1 aromatic heterocycles. The lowest BCUT2D eigenvalue weighted by atomic mass is 10.1. The molecule has 3 N–H and O–H groups in total. The number of halogens is 2. The number of amides is 1. The van der Waals surface area contributed by atoms with E-state index in [-0.39, 0.29) is 5.92 Å². The average molecular weight is 413 g/mol. The quantitative estimate of drug-likeness (QED) is 0.697. The summed E-state index contributed by atoms with van der Waals surface area (Å²) in [6, 6.07) is 6.29. The summed E-state index contributed by atoms with van der Waals surface area (Å²) < 4.78 is 1.65. The lowest BCUT2D eigenvalue weighted by Gasteiger charge is -2.19. The van der Waals surface area contributed by atoms with Crippen LogP contribution in [0.15, 0.2) is 23.0 Å². The number of hydrogen-bond donors (Lipinski definition) is 2. The molecule has 0 radical (unpaired) electrons. The molecule has 2 aromatic rings. The number of rotatable bonds is 1. The van der Waals surface area contributed by atoms with Crippen molar-refractivity contribution in [3.63, 3.8) is 0 Å². The van der Waals surface area contributed by atoms with Crippen LogP contribution in [0.1, 0.15) is 51.9 Å². The first-order valence-corrected chi connectivity index (χ1v) is 8.78. The van der Waals surface area contributed by atoms with Gasteiger partial charge in [0.05, 0.1) is 15.6 Å². The molecule has 0 spiro atoms. The van der Waals surface area contributed by atoms with Gasteiger partial charge in [-0.05, 0) is 32.9 Å². The van der Waals surface area contributed by atoms with Crippen molar-refractivity contribution in [3.05, 3.63) is 50.1 Å². The van der Waals surface area contributed by atoms with Crippen LogP contribution in [0.4, 0.5) is 4.79 Å². The third kappa shape index (κ3) is 6.01. The topological polar surface area (TPSA) is 119 Å². The lowest BCUT2D eigenvalue weighted by Crippen LogP contribution is -2.47. The summed E-state index contributed by atoms with van der Waals surface area (Å²) in [5, 5.41) is 15.8. The Morgan fingerprint density at radius 1 is 1.30 bits per heavy atom. The first-order valence-electron chi connectivity index (χ1n) is 8.02. The molecule has 27 heavy (non-hydrogen) atoms. The van der Waals surface area contributed by atoms with Crippen molar-refractivity contribution in [2.75, 3.05) is 5.84 Å². The van der Waals surface area contributed by atoms with Crippen molar-refractivity contribution in [2.24, 2.45) is 0 Å². The van der Waals surface area contributed by atoms with E-state index in [9.17, 15) is 9.59 Å². The van der Waals surface area contributed by atoms with E-state index in [0.29, 0.717) is 21.4 Å². The molecule has 0 aliphatic rings. The minimum Gasteiger partial charge on any atom is -0.333 e. The summed E-state index contributed by atoms with van der Waals surface area (Å²) in [4.78, 5) is 23.5. The predicted molar refractivity (Wildman–Crippen MR) is 106 cm³/mol. The van der Waals surface area contributed by atoms with Crippen LogP contribution in [-0.2, 0) is 0 Å². The van der Waals surface area contributed by atoms with Gasteiger partial charge in [-0.3, -0.25) is 0 Å². The Kier molecular flexibility index (Phi) is 7.46. The van der Waals surface area contributed by atoms with Gasteiger partial charge in [0, 0.05) is 11.5 Å². The highest BCUT2D eigenvalue weighted by atomic mass is 35.5. The van der Waals surface area contributed by atoms with E-state index in [1.54, 1.807) is 18.2 Å². The fourth-order valence-electron chi connectivity index (χ4n) is 1.90. The van der Waals surface area contributed by atoms with Crippen LogP contribution >= 0.6 is 23.2 Å². The lowest BCUT2D eigenvalue weighted by molar-refractivity contribution is 0.229. The molecule has 1 heterocycles. The second-order valence-corrected chi connectivity index (χ2v) is 7.78. The van der Waals surface area contributed by atoms with Gasteiger partial charge in [0.2, 0.25) is 0 Å². The van der Waals surface area contributed by atoms with Gasteiger partial charge in [-0.1, -0.05) is 43.1 Å². The number of nitrogens with one attached hydrogen (secondary N) is 1. The molecular weight excluding hydrogens is 391 g/mol. The number of nitriles is 1. The summed E-state index contributed by atoms with van der Waals surface area (Å²) in [6.07, 6.45) is 0. The zero-order chi connectivity index (χ0) is 20.9. The summed E-state index contributed by atoms with van der Waals surface area (Å²) in [6.45, 7) is 9.14. The van der Waals surface area contributed by atoms with Gasteiger partial charge in [0.25, 0.3) is 0 Å². The summed E-state index contributed by atoms with van der Waals surface area (Å²) in [7, 11) is 0. The van der Waals surface area contributed by atoms with E-state index in [0.717, 1.165) is 9.36 Å². The number of hydrogen-bond acceptors (Lipinski definition) is 5. The molecular formula is C17H22Cl2N6O2. The van der Waals surface area contributed by atoms with Gasteiger partial charge in [-0.15, -0.1) is 9.78 Å². The first kappa shape index (κ1) is 22.5. The zero-order valence-electron chi connectivity index (χ0n) is 15.7. The fraction of sp³-hybridized carbons (Fsp3) is 0.412. The minimum absolute atomic E-state index is 0.0311. The maximum Gasteiger partial charge on any atom is 0.373 e. The molecule has 1 aromatic carbocycles. The van der Waals surface area contributed by atoms with Crippen LogP contribution in [0.25, 0.3) is 0 Å². The summed E-state index contributed by atoms with van der Waals surface area (Å²) in [5.41, 5.74) is -0.742. The summed E-state index contributed by atoms with van der Waals surface area (Å²) in [5.74, 6) is 5.89. The first-order chi connectivity index (χ1) is 12.4. The molecule has 2 rings (SSSR count). The number of aromatic nitrogens is 3. The molecule has 0 fully saturated rings. The van der Waals surface area contributed by atoms with E-state index in [1.165, 1.54) is 0 Å². The Hall–Kier alpha value is -2.50. The minimum atomic E-state index is -0.643. The Morgan fingerprint density at radius 2 is 1.81 bits per heavy atom. The molecule has 146 valence electrons. The molecule has 0 aliphatic heterocycles. The second kappa shape index (κ2) is 8.93. The highest BCUT2D eigenvalue weighted by Gasteiger charge is 2.21. The van der Waals surface area contributed by atoms with Crippen molar-refractivity contribution < 1.29 is 4.79 Å². The number of nitrogens with two attached hydrogens (primary N) is 1. The van der Waals surface area contributed by atoms with Crippen LogP contribution in [0.2, 0.25) is 10.0 Å². The van der Waals surface area contributed by atoms with Crippen LogP contribution in [-0.4, -0.2) is 26.0 Å². The fourth-order valence-corrected chi connectivity index (χ4v) is 2.38. The smallest absolute Gasteiger partial charge is 0.333 e. The van der Waals surface area contributed by atoms with Crippen molar-refractivity contribution in [1.29, 1.82) is 5.26 Å². The zero-order valence-corrected chi connectivity index (χ0v) is 17.3. The van der Waals surface area contributed by atoms with E-state index in [1.807, 2.05) is 40.7 Å². The van der Waals surface area contributed by atoms with Gasteiger partial charge in [-0.2, -0.15) is 9.94 Å². The molecule has 0 unspecified atom stereocenters. The average Bonchev–Trinajstić information content (AvgIpc) is 2.83. The standard InChI is InChI=1S/C10H19N5O2.C7H3Cl2N/c1-6(2)7-13-15(9(17)14(7)11)8(16)12-10(3,4)5;8-6-2-1-3-7(9)5(6)4-10/h6H,11H2,1-5H3,(H,12,16);1-3H. The van der Waals surface area contributed by atoms with Crippen LogP contribution in [0.5, 0.6) is 0 Å². The highest BCUT2D eigenvalue weighted by Crippen LogP contribution is 2.22.